The van der Waals surface area contributed by atoms with Crippen LogP contribution >= 0.6 is 11.6 Å². The summed E-state index contributed by atoms with van der Waals surface area (Å²) in [6.45, 7) is 5.98. The van der Waals surface area contributed by atoms with E-state index in [9.17, 15) is 0 Å². The van der Waals surface area contributed by atoms with Crippen molar-refractivity contribution < 1.29 is 4.74 Å². The monoisotopic (exact) mass is 454 g/mol. The number of nitriles is 1. The van der Waals surface area contributed by atoms with Gasteiger partial charge in [0.1, 0.15) is 0 Å². The predicted octanol–water partition coefficient (Wildman–Crippen LogP) is 6.10. The van der Waals surface area contributed by atoms with E-state index in [4.69, 9.17) is 26.6 Å². The lowest BCUT2D eigenvalue weighted by Crippen LogP contribution is -2.45. The summed E-state index contributed by atoms with van der Waals surface area (Å²) in [5.74, 6) is 0. The van der Waals surface area contributed by atoms with Gasteiger partial charge in [0, 0.05) is 53.9 Å². The van der Waals surface area contributed by atoms with Crippen molar-refractivity contribution in [3.05, 3.63) is 77.7 Å². The maximum atomic E-state index is 9.06. The van der Waals surface area contributed by atoms with Crippen molar-refractivity contribution in [2.45, 2.75) is 26.1 Å². The van der Waals surface area contributed by atoms with Crippen LogP contribution in [-0.4, -0.2) is 35.3 Å². The first kappa shape index (κ1) is 21.4. The summed E-state index contributed by atoms with van der Waals surface area (Å²) in [4.78, 5) is 11.5. The number of fused-ring (bicyclic) bond motifs is 1. The van der Waals surface area contributed by atoms with Gasteiger partial charge in [0.15, 0.2) is 0 Å². The summed E-state index contributed by atoms with van der Waals surface area (Å²) in [6, 6.07) is 18.0. The molecule has 2 aromatic heterocycles. The summed E-state index contributed by atoms with van der Waals surface area (Å²) >= 11 is 6.86. The molecule has 0 bridgehead atoms. The Labute approximate surface area is 198 Å². The van der Waals surface area contributed by atoms with Gasteiger partial charge in [-0.25, -0.2) is 0 Å². The molecule has 4 aromatic rings. The van der Waals surface area contributed by atoms with Gasteiger partial charge in [0.05, 0.1) is 34.4 Å². The van der Waals surface area contributed by atoms with E-state index in [2.05, 4.69) is 54.1 Å². The number of nitrogens with zero attached hydrogens (tertiary/aromatic N) is 4. The summed E-state index contributed by atoms with van der Waals surface area (Å²) < 4.78 is 5.85. The topological polar surface area (TPSA) is 62.0 Å². The molecule has 0 spiro atoms. The van der Waals surface area contributed by atoms with Crippen molar-refractivity contribution in [1.82, 2.24) is 9.97 Å². The average Bonchev–Trinajstić information content (AvgIpc) is 2.84. The molecule has 0 radical (unpaired) electrons. The van der Waals surface area contributed by atoms with E-state index >= 15 is 0 Å². The Hall–Kier alpha value is -3.46. The molecule has 164 valence electrons. The molecular formula is C27H23ClN4O. The second-order valence-electron chi connectivity index (χ2n) is 8.47. The van der Waals surface area contributed by atoms with Crippen LogP contribution in [0.5, 0.6) is 0 Å². The molecule has 5 rings (SSSR count). The van der Waals surface area contributed by atoms with Crippen molar-refractivity contribution >= 4 is 28.2 Å². The Bertz CT molecular complexity index is 1340. The normalized spacial score (nSPS) is 18.3. The number of morpholine rings is 1. The lowest BCUT2D eigenvalue weighted by Gasteiger charge is -2.36. The number of aromatic nitrogens is 2. The standard InChI is InChI=1S/C27H23ClN4O/c1-17-15-32(16-18(2)33-17)22-9-7-20(8-10-22)23-14-31-27-24(12-30-13-25(27)26(23)28)21-5-3-19(11-29)4-6-21/h3-10,12-14,17-18H,15-16H2,1-2H3/t17-,18+. The van der Waals surface area contributed by atoms with Crippen LogP contribution in [0.25, 0.3) is 33.2 Å². The molecule has 0 N–H and O–H groups in total. The Morgan fingerprint density at radius 2 is 1.55 bits per heavy atom. The van der Waals surface area contributed by atoms with Crippen LogP contribution in [-0.2, 0) is 4.74 Å². The molecule has 3 heterocycles. The van der Waals surface area contributed by atoms with Crippen LogP contribution in [0.2, 0.25) is 5.02 Å². The SMILES string of the molecule is C[C@@H]1CN(c2ccc(-c3cnc4c(-c5ccc(C#N)cc5)cncc4c3Cl)cc2)C[C@H](C)O1. The van der Waals surface area contributed by atoms with Crippen LogP contribution < -0.4 is 4.90 Å². The minimum Gasteiger partial charge on any atom is -0.372 e. The zero-order valence-electron chi connectivity index (χ0n) is 18.5. The van der Waals surface area contributed by atoms with Crippen LogP contribution in [0.3, 0.4) is 0 Å². The molecule has 0 aliphatic carbocycles. The number of halogens is 1. The van der Waals surface area contributed by atoms with Gasteiger partial charge < -0.3 is 9.64 Å². The molecular weight excluding hydrogens is 432 g/mol. The lowest BCUT2D eigenvalue weighted by molar-refractivity contribution is -0.00521. The molecule has 2 aromatic carbocycles. The highest BCUT2D eigenvalue weighted by Crippen LogP contribution is 2.37. The van der Waals surface area contributed by atoms with E-state index < -0.39 is 0 Å². The van der Waals surface area contributed by atoms with Crippen molar-refractivity contribution in [3.63, 3.8) is 0 Å². The van der Waals surface area contributed by atoms with Gasteiger partial charge in [-0.15, -0.1) is 0 Å². The fourth-order valence-electron chi connectivity index (χ4n) is 4.46. The van der Waals surface area contributed by atoms with E-state index in [0.29, 0.717) is 10.6 Å². The Balaban J connectivity index is 1.49. The Morgan fingerprint density at radius 3 is 2.21 bits per heavy atom. The van der Waals surface area contributed by atoms with Gasteiger partial charge in [0.2, 0.25) is 0 Å². The number of benzene rings is 2. The van der Waals surface area contributed by atoms with Crippen LogP contribution in [0, 0.1) is 11.3 Å². The highest BCUT2D eigenvalue weighted by Gasteiger charge is 2.22. The minimum atomic E-state index is 0.213. The predicted molar refractivity (Wildman–Crippen MR) is 132 cm³/mol. The molecule has 1 aliphatic rings. The largest absolute Gasteiger partial charge is 0.372 e. The molecule has 5 nitrogen and oxygen atoms in total. The lowest BCUT2D eigenvalue weighted by atomic mass is 10.0. The van der Waals surface area contributed by atoms with Gasteiger partial charge >= 0.3 is 0 Å². The highest BCUT2D eigenvalue weighted by molar-refractivity contribution is 6.38. The van der Waals surface area contributed by atoms with Crippen molar-refractivity contribution in [2.75, 3.05) is 18.0 Å². The molecule has 1 saturated heterocycles. The summed E-state index contributed by atoms with van der Waals surface area (Å²) in [7, 11) is 0. The van der Waals surface area contributed by atoms with E-state index in [1.807, 2.05) is 18.3 Å². The molecule has 2 atom stereocenters. The third kappa shape index (κ3) is 4.16. The summed E-state index contributed by atoms with van der Waals surface area (Å²) in [5.41, 5.74) is 6.30. The van der Waals surface area contributed by atoms with Crippen LogP contribution in [0.4, 0.5) is 5.69 Å². The van der Waals surface area contributed by atoms with Gasteiger partial charge in [-0.1, -0.05) is 35.9 Å². The third-order valence-electron chi connectivity index (χ3n) is 6.00. The van der Waals surface area contributed by atoms with E-state index in [-0.39, 0.29) is 12.2 Å². The van der Waals surface area contributed by atoms with Crippen LogP contribution in [0.1, 0.15) is 19.4 Å². The fraction of sp³-hybridized carbons (Fsp3) is 0.222. The first-order valence-electron chi connectivity index (χ1n) is 11.0. The second-order valence-corrected chi connectivity index (χ2v) is 8.85. The third-order valence-corrected chi connectivity index (χ3v) is 6.41. The van der Waals surface area contributed by atoms with Crippen molar-refractivity contribution in [3.8, 4) is 28.3 Å². The van der Waals surface area contributed by atoms with Crippen molar-refractivity contribution in [2.24, 2.45) is 0 Å². The second kappa shape index (κ2) is 8.82. The first-order valence-corrected chi connectivity index (χ1v) is 11.3. The van der Waals surface area contributed by atoms with Gasteiger partial charge in [-0.05, 0) is 49.2 Å². The van der Waals surface area contributed by atoms with E-state index in [1.54, 1.807) is 24.5 Å². The van der Waals surface area contributed by atoms with Gasteiger partial charge in [-0.2, -0.15) is 5.26 Å². The zero-order chi connectivity index (χ0) is 22.9. The number of hydrogen-bond acceptors (Lipinski definition) is 5. The zero-order valence-corrected chi connectivity index (χ0v) is 19.3. The summed E-state index contributed by atoms with van der Waals surface area (Å²) in [6.07, 6.45) is 5.79. The number of pyridine rings is 2. The minimum absolute atomic E-state index is 0.213. The first-order chi connectivity index (χ1) is 16.0. The Morgan fingerprint density at radius 1 is 0.909 bits per heavy atom. The Kier molecular flexibility index (Phi) is 5.72. The fourth-order valence-corrected chi connectivity index (χ4v) is 4.76. The maximum absolute atomic E-state index is 9.06. The molecule has 1 fully saturated rings. The number of rotatable bonds is 3. The highest BCUT2D eigenvalue weighted by atomic mass is 35.5. The molecule has 6 heteroatoms. The van der Waals surface area contributed by atoms with Crippen LogP contribution in [0.15, 0.2) is 67.1 Å². The van der Waals surface area contributed by atoms with E-state index in [1.165, 1.54) is 5.69 Å². The quantitative estimate of drug-likeness (QED) is 0.374. The molecule has 33 heavy (non-hydrogen) atoms. The smallest absolute Gasteiger partial charge is 0.0991 e. The summed E-state index contributed by atoms with van der Waals surface area (Å²) in [5, 5.41) is 10.5. The number of ether oxygens (including phenoxy) is 1. The van der Waals surface area contributed by atoms with E-state index in [0.717, 1.165) is 46.2 Å². The molecule has 0 saturated carbocycles. The molecule has 0 unspecified atom stereocenters. The number of anilines is 1. The van der Waals surface area contributed by atoms with Crippen molar-refractivity contribution in [1.29, 1.82) is 5.26 Å². The molecule has 0 amide bonds. The average molecular weight is 455 g/mol. The molecule has 1 aliphatic heterocycles. The number of hydrogen-bond donors (Lipinski definition) is 0. The maximum Gasteiger partial charge on any atom is 0.0991 e. The van der Waals surface area contributed by atoms with Gasteiger partial charge in [0.25, 0.3) is 0 Å². The van der Waals surface area contributed by atoms with Gasteiger partial charge in [-0.3, -0.25) is 9.97 Å².